The van der Waals surface area contributed by atoms with E-state index in [1.54, 1.807) is 0 Å². The number of ether oxygens (including phenoxy) is 1. The van der Waals surface area contributed by atoms with Crippen molar-refractivity contribution in [3.05, 3.63) is 77.7 Å². The smallest absolute Gasteiger partial charge is 0.355 e. The van der Waals surface area contributed by atoms with E-state index in [0.717, 1.165) is 16.5 Å². The summed E-state index contributed by atoms with van der Waals surface area (Å²) in [5.74, 6) is -0.317. The van der Waals surface area contributed by atoms with Crippen LogP contribution in [0.5, 0.6) is 0 Å². The Hall–Kier alpha value is -3.94. The minimum Gasteiger partial charge on any atom is -0.453 e. The second-order valence-corrected chi connectivity index (χ2v) is 6.20. The molecule has 8 nitrogen and oxygen atoms in total. The predicted molar refractivity (Wildman–Crippen MR) is 105 cm³/mol. The summed E-state index contributed by atoms with van der Waals surface area (Å²) in [4.78, 5) is 24.3. The molecule has 0 bridgehead atoms. The van der Waals surface area contributed by atoms with Crippen LogP contribution in [0.25, 0.3) is 10.9 Å². The Balaban J connectivity index is 1.63. The molecule has 8 heteroatoms. The van der Waals surface area contributed by atoms with Gasteiger partial charge in [0.15, 0.2) is 12.4 Å². The van der Waals surface area contributed by atoms with Crippen molar-refractivity contribution in [1.82, 2.24) is 19.5 Å². The van der Waals surface area contributed by atoms with E-state index in [1.807, 2.05) is 65.2 Å². The number of fused-ring (bicyclic) bond motifs is 1. The molecule has 140 valence electrons. The molecule has 0 aliphatic heterocycles. The molecule has 4 aromatic rings. The van der Waals surface area contributed by atoms with Crippen molar-refractivity contribution in [3.8, 4) is 0 Å². The molecule has 0 saturated carbocycles. The zero-order valence-electron chi connectivity index (χ0n) is 14.9. The molecule has 0 saturated heterocycles. The Morgan fingerprint density at radius 3 is 2.36 bits per heavy atom. The fourth-order valence-electron chi connectivity index (χ4n) is 3.04. The highest BCUT2D eigenvalue weighted by atomic mass is 16.5. The van der Waals surface area contributed by atoms with Crippen molar-refractivity contribution in [2.45, 2.75) is 13.2 Å². The lowest BCUT2D eigenvalue weighted by atomic mass is 10.2. The van der Waals surface area contributed by atoms with E-state index in [-0.39, 0.29) is 24.3 Å². The van der Waals surface area contributed by atoms with E-state index in [4.69, 9.17) is 16.2 Å². The molecule has 0 aliphatic rings. The Morgan fingerprint density at radius 2 is 1.61 bits per heavy atom. The lowest BCUT2D eigenvalue weighted by Crippen LogP contribution is -2.15. The van der Waals surface area contributed by atoms with Gasteiger partial charge in [0.1, 0.15) is 5.69 Å². The Labute approximate surface area is 160 Å². The van der Waals surface area contributed by atoms with Crippen LogP contribution in [-0.4, -0.2) is 25.5 Å². The van der Waals surface area contributed by atoms with Gasteiger partial charge in [-0.15, -0.1) is 0 Å². The van der Waals surface area contributed by atoms with Gasteiger partial charge >= 0.3 is 5.97 Å². The summed E-state index contributed by atoms with van der Waals surface area (Å²) in [6.45, 7) is 0.396. The third-order valence-corrected chi connectivity index (χ3v) is 4.25. The van der Waals surface area contributed by atoms with Crippen LogP contribution in [0.3, 0.4) is 0 Å². The van der Waals surface area contributed by atoms with Crippen LogP contribution in [0, 0.1) is 0 Å². The van der Waals surface area contributed by atoms with Crippen molar-refractivity contribution >= 4 is 28.8 Å². The monoisotopic (exact) mass is 374 g/mol. The largest absolute Gasteiger partial charge is 0.453 e. The van der Waals surface area contributed by atoms with E-state index in [1.165, 1.54) is 0 Å². The summed E-state index contributed by atoms with van der Waals surface area (Å²) in [6.07, 6.45) is 0. The lowest BCUT2D eigenvalue weighted by molar-refractivity contribution is 0.0450. The minimum atomic E-state index is -0.482. The van der Waals surface area contributed by atoms with Crippen LogP contribution < -0.4 is 11.5 Å². The third-order valence-electron chi connectivity index (χ3n) is 4.25. The van der Waals surface area contributed by atoms with Crippen LogP contribution in [0.2, 0.25) is 0 Å². The van der Waals surface area contributed by atoms with E-state index < -0.39 is 5.97 Å². The highest BCUT2D eigenvalue weighted by molar-refractivity contribution is 5.95. The van der Waals surface area contributed by atoms with Crippen molar-refractivity contribution in [3.63, 3.8) is 0 Å². The number of para-hydroxylation sites is 1. The molecule has 0 radical (unpaired) electrons. The normalized spacial score (nSPS) is 10.9. The van der Waals surface area contributed by atoms with Gasteiger partial charge in [-0.2, -0.15) is 15.0 Å². The SMILES string of the molecule is Nc1nc(N)nc(COC(=O)c2cc3ccccc3n2Cc2ccccc2)n1. The van der Waals surface area contributed by atoms with Crippen molar-refractivity contribution in [1.29, 1.82) is 0 Å². The molecule has 0 fully saturated rings. The highest BCUT2D eigenvalue weighted by Crippen LogP contribution is 2.22. The molecule has 28 heavy (non-hydrogen) atoms. The van der Waals surface area contributed by atoms with Crippen LogP contribution in [0.15, 0.2) is 60.7 Å². The lowest BCUT2D eigenvalue weighted by Gasteiger charge is -2.11. The summed E-state index contributed by atoms with van der Waals surface area (Å²) in [5, 5.41) is 0.957. The standard InChI is InChI=1S/C20H18N6O2/c21-19-23-17(24-20(22)25-19)12-28-18(27)16-10-14-8-4-5-9-15(14)26(16)11-13-6-2-1-3-7-13/h1-10H,11-12H2,(H4,21,22,23,24,25). The summed E-state index contributed by atoms with van der Waals surface area (Å²) in [5.41, 5.74) is 13.6. The third kappa shape index (κ3) is 3.61. The number of carbonyl (C=O) groups excluding carboxylic acids is 1. The molecular formula is C20H18N6O2. The zero-order chi connectivity index (χ0) is 19.5. The summed E-state index contributed by atoms with van der Waals surface area (Å²) >= 11 is 0. The number of nitrogen functional groups attached to an aromatic ring is 2. The quantitative estimate of drug-likeness (QED) is 0.514. The molecule has 0 aliphatic carbocycles. The van der Waals surface area contributed by atoms with E-state index >= 15 is 0 Å². The topological polar surface area (TPSA) is 122 Å². The summed E-state index contributed by atoms with van der Waals surface area (Å²) in [7, 11) is 0. The van der Waals surface area contributed by atoms with Gasteiger partial charge in [-0.25, -0.2) is 4.79 Å². The molecule has 0 amide bonds. The maximum Gasteiger partial charge on any atom is 0.355 e. The van der Waals surface area contributed by atoms with Gasteiger partial charge in [0.05, 0.1) is 0 Å². The molecule has 4 N–H and O–H groups in total. The second kappa shape index (κ2) is 7.36. The average molecular weight is 374 g/mol. The second-order valence-electron chi connectivity index (χ2n) is 6.20. The fraction of sp³-hybridized carbons (Fsp3) is 0.100. The molecule has 0 atom stereocenters. The number of aromatic nitrogens is 4. The molecule has 2 aromatic carbocycles. The molecule has 2 aromatic heterocycles. The van der Waals surface area contributed by atoms with Gasteiger partial charge < -0.3 is 20.8 Å². The van der Waals surface area contributed by atoms with Gasteiger partial charge in [-0.05, 0) is 17.7 Å². The number of carbonyl (C=O) groups is 1. The van der Waals surface area contributed by atoms with Crippen molar-refractivity contribution in [2.24, 2.45) is 0 Å². The number of rotatable bonds is 5. The van der Waals surface area contributed by atoms with Crippen LogP contribution >= 0.6 is 0 Å². The van der Waals surface area contributed by atoms with Gasteiger partial charge in [0, 0.05) is 17.4 Å². The van der Waals surface area contributed by atoms with Crippen LogP contribution in [-0.2, 0) is 17.9 Å². The Kier molecular flexibility index (Phi) is 4.59. The van der Waals surface area contributed by atoms with E-state index in [0.29, 0.717) is 12.2 Å². The zero-order valence-corrected chi connectivity index (χ0v) is 14.9. The maximum absolute atomic E-state index is 12.8. The van der Waals surface area contributed by atoms with Gasteiger partial charge in [-0.1, -0.05) is 48.5 Å². The molecule has 0 spiro atoms. The van der Waals surface area contributed by atoms with Crippen molar-refractivity contribution < 1.29 is 9.53 Å². The predicted octanol–water partition coefficient (Wildman–Crippen LogP) is 2.40. The van der Waals surface area contributed by atoms with E-state index in [9.17, 15) is 4.79 Å². The first kappa shape index (κ1) is 17.5. The van der Waals surface area contributed by atoms with Gasteiger partial charge in [-0.3, -0.25) is 0 Å². The fourth-order valence-corrected chi connectivity index (χ4v) is 3.04. The first-order chi connectivity index (χ1) is 13.6. The molecule has 2 heterocycles. The Morgan fingerprint density at radius 1 is 0.929 bits per heavy atom. The first-order valence-corrected chi connectivity index (χ1v) is 8.65. The van der Waals surface area contributed by atoms with Crippen molar-refractivity contribution in [2.75, 3.05) is 11.5 Å². The average Bonchev–Trinajstić information content (AvgIpc) is 3.05. The van der Waals surface area contributed by atoms with Gasteiger partial charge in [0.25, 0.3) is 0 Å². The number of esters is 1. The Bertz CT molecular complexity index is 1120. The molecule has 0 unspecified atom stereocenters. The van der Waals surface area contributed by atoms with Gasteiger partial charge in [0.2, 0.25) is 11.9 Å². The molecule has 4 rings (SSSR count). The number of hydrogen-bond acceptors (Lipinski definition) is 7. The van der Waals surface area contributed by atoms with Crippen LogP contribution in [0.4, 0.5) is 11.9 Å². The number of hydrogen-bond donors (Lipinski definition) is 2. The minimum absolute atomic E-state index is 0.0169. The number of nitrogens with two attached hydrogens (primary N) is 2. The van der Waals surface area contributed by atoms with E-state index in [2.05, 4.69) is 15.0 Å². The van der Waals surface area contributed by atoms with Crippen LogP contribution in [0.1, 0.15) is 21.9 Å². The first-order valence-electron chi connectivity index (χ1n) is 8.65. The number of nitrogens with zero attached hydrogens (tertiary/aromatic N) is 4. The molecular weight excluding hydrogens is 356 g/mol. The number of benzene rings is 2. The summed E-state index contributed by atoms with van der Waals surface area (Å²) in [6, 6.07) is 19.5. The summed E-state index contributed by atoms with van der Waals surface area (Å²) < 4.78 is 7.34. The maximum atomic E-state index is 12.8. The highest BCUT2D eigenvalue weighted by Gasteiger charge is 2.18. The number of anilines is 2.